The van der Waals surface area contributed by atoms with Crippen molar-refractivity contribution in [3.63, 3.8) is 0 Å². The molecule has 7 heteroatoms. The molecule has 2 N–H and O–H groups in total. The highest BCUT2D eigenvalue weighted by molar-refractivity contribution is 5.74. The van der Waals surface area contributed by atoms with Crippen LogP contribution in [0.1, 0.15) is 40.5 Å². The zero-order valence-electron chi connectivity index (χ0n) is 13.0. The number of urea groups is 1. The smallest absolute Gasteiger partial charge is 0.381 e. The molecule has 2 amide bonds. The SMILES string of the molecule is C[C@H](NC(=O)N[C@@H](CC(C)(C)C)C(F)(F)F)[C@H]1CCOC1. The Bertz CT molecular complexity index is 347. The van der Waals surface area contributed by atoms with Crippen molar-refractivity contribution >= 4 is 6.03 Å². The maximum atomic E-state index is 13.0. The Morgan fingerprint density at radius 2 is 1.90 bits per heavy atom. The third kappa shape index (κ3) is 6.54. The first-order valence-electron chi connectivity index (χ1n) is 7.20. The highest BCUT2D eigenvalue weighted by Gasteiger charge is 2.42. The first-order chi connectivity index (χ1) is 9.49. The summed E-state index contributed by atoms with van der Waals surface area (Å²) in [5.41, 5.74) is -0.529. The minimum absolute atomic E-state index is 0.155. The van der Waals surface area contributed by atoms with Crippen LogP contribution in [0.15, 0.2) is 0 Å². The molecule has 0 aromatic heterocycles. The fourth-order valence-corrected chi connectivity index (χ4v) is 2.33. The standard InChI is InChI=1S/C14H25F3N2O2/c1-9(10-5-6-21-8-10)18-12(20)19-11(14(15,16)17)7-13(2,3)4/h9-11H,5-8H2,1-4H3,(H2,18,19,20)/t9-,10-,11-/m0/s1. The molecule has 0 unspecified atom stereocenters. The molecular formula is C14H25F3N2O2. The van der Waals surface area contributed by atoms with Crippen molar-refractivity contribution in [2.45, 2.75) is 58.8 Å². The molecule has 0 aromatic rings. The van der Waals surface area contributed by atoms with E-state index in [1.165, 1.54) is 0 Å². The van der Waals surface area contributed by atoms with Gasteiger partial charge in [-0.05, 0) is 25.2 Å². The van der Waals surface area contributed by atoms with Crippen LogP contribution < -0.4 is 10.6 Å². The monoisotopic (exact) mass is 310 g/mol. The van der Waals surface area contributed by atoms with Gasteiger partial charge in [-0.15, -0.1) is 0 Å². The van der Waals surface area contributed by atoms with Crippen molar-refractivity contribution in [1.29, 1.82) is 0 Å². The van der Waals surface area contributed by atoms with Gasteiger partial charge < -0.3 is 15.4 Å². The van der Waals surface area contributed by atoms with Gasteiger partial charge in [-0.25, -0.2) is 4.79 Å². The van der Waals surface area contributed by atoms with Gasteiger partial charge in [-0.2, -0.15) is 13.2 Å². The van der Waals surface area contributed by atoms with E-state index in [-0.39, 0.29) is 18.4 Å². The highest BCUT2D eigenvalue weighted by Crippen LogP contribution is 2.30. The molecule has 1 fully saturated rings. The molecule has 0 bridgehead atoms. The van der Waals surface area contributed by atoms with Gasteiger partial charge in [-0.1, -0.05) is 20.8 Å². The Hall–Kier alpha value is -0.980. The average molecular weight is 310 g/mol. The lowest BCUT2D eigenvalue weighted by atomic mass is 9.88. The van der Waals surface area contributed by atoms with Crippen molar-refractivity contribution in [1.82, 2.24) is 10.6 Å². The molecule has 0 spiro atoms. The molecule has 0 saturated carbocycles. The Kier molecular flexibility index (Phi) is 5.90. The van der Waals surface area contributed by atoms with E-state index in [9.17, 15) is 18.0 Å². The number of hydrogen-bond donors (Lipinski definition) is 2. The van der Waals surface area contributed by atoms with Crippen molar-refractivity contribution < 1.29 is 22.7 Å². The van der Waals surface area contributed by atoms with E-state index in [1.54, 1.807) is 27.7 Å². The Balaban J connectivity index is 2.55. The molecule has 1 saturated heterocycles. The lowest BCUT2D eigenvalue weighted by Crippen LogP contribution is -2.53. The van der Waals surface area contributed by atoms with Crippen molar-refractivity contribution in [3.8, 4) is 0 Å². The molecule has 0 radical (unpaired) electrons. The molecule has 1 aliphatic heterocycles. The molecule has 124 valence electrons. The second-order valence-electron chi connectivity index (χ2n) is 6.89. The van der Waals surface area contributed by atoms with Crippen LogP contribution in [0, 0.1) is 11.3 Å². The van der Waals surface area contributed by atoms with E-state index in [4.69, 9.17) is 4.74 Å². The molecule has 4 nitrogen and oxygen atoms in total. The van der Waals surface area contributed by atoms with Crippen molar-refractivity contribution in [3.05, 3.63) is 0 Å². The van der Waals surface area contributed by atoms with Gasteiger partial charge in [0.15, 0.2) is 0 Å². The molecule has 3 atom stereocenters. The van der Waals surface area contributed by atoms with Gasteiger partial charge in [0, 0.05) is 18.6 Å². The lowest BCUT2D eigenvalue weighted by Gasteiger charge is -2.29. The Labute approximate surface area is 123 Å². The summed E-state index contributed by atoms with van der Waals surface area (Å²) in [5, 5.41) is 4.63. The van der Waals surface area contributed by atoms with E-state index in [1.807, 2.05) is 0 Å². The minimum atomic E-state index is -4.45. The minimum Gasteiger partial charge on any atom is -0.381 e. The average Bonchev–Trinajstić information content (AvgIpc) is 2.77. The van der Waals surface area contributed by atoms with Crippen LogP contribution in [0.4, 0.5) is 18.0 Å². The fourth-order valence-electron chi connectivity index (χ4n) is 2.33. The van der Waals surface area contributed by atoms with E-state index >= 15 is 0 Å². The summed E-state index contributed by atoms with van der Waals surface area (Å²) < 4.78 is 44.2. The predicted molar refractivity (Wildman–Crippen MR) is 74.0 cm³/mol. The van der Waals surface area contributed by atoms with Crippen LogP contribution in [0.5, 0.6) is 0 Å². The normalized spacial score (nSPS) is 22.7. The molecule has 1 heterocycles. The van der Waals surface area contributed by atoms with Crippen molar-refractivity contribution in [2.75, 3.05) is 13.2 Å². The van der Waals surface area contributed by atoms with E-state index in [0.717, 1.165) is 6.42 Å². The van der Waals surface area contributed by atoms with Gasteiger partial charge in [-0.3, -0.25) is 0 Å². The number of rotatable bonds is 4. The summed E-state index contributed by atoms with van der Waals surface area (Å²) in [4.78, 5) is 11.8. The molecule has 1 aliphatic rings. The van der Waals surface area contributed by atoms with Crippen LogP contribution in [0.25, 0.3) is 0 Å². The van der Waals surface area contributed by atoms with Crippen molar-refractivity contribution in [2.24, 2.45) is 11.3 Å². The third-order valence-electron chi connectivity index (χ3n) is 3.55. The lowest BCUT2D eigenvalue weighted by molar-refractivity contribution is -0.159. The number of hydrogen-bond acceptors (Lipinski definition) is 2. The number of carbonyl (C=O) groups is 1. The van der Waals surface area contributed by atoms with E-state index in [0.29, 0.717) is 13.2 Å². The van der Waals surface area contributed by atoms with Gasteiger partial charge in [0.05, 0.1) is 6.61 Å². The Morgan fingerprint density at radius 1 is 1.29 bits per heavy atom. The fraction of sp³-hybridized carbons (Fsp3) is 0.929. The zero-order chi connectivity index (χ0) is 16.3. The van der Waals surface area contributed by atoms with Gasteiger partial charge in [0.1, 0.15) is 6.04 Å². The first-order valence-corrected chi connectivity index (χ1v) is 7.20. The van der Waals surface area contributed by atoms with Crippen LogP contribution in [0.2, 0.25) is 0 Å². The number of amides is 2. The maximum Gasteiger partial charge on any atom is 0.408 e. The molecule has 0 aromatic carbocycles. The molecule has 21 heavy (non-hydrogen) atoms. The number of alkyl halides is 3. The zero-order valence-corrected chi connectivity index (χ0v) is 13.0. The summed E-state index contributed by atoms with van der Waals surface area (Å²) >= 11 is 0. The van der Waals surface area contributed by atoms with Gasteiger partial charge in [0.2, 0.25) is 0 Å². The van der Waals surface area contributed by atoms with Crippen LogP contribution >= 0.6 is 0 Å². The van der Waals surface area contributed by atoms with E-state index < -0.39 is 23.7 Å². The third-order valence-corrected chi connectivity index (χ3v) is 3.55. The Morgan fingerprint density at radius 3 is 2.33 bits per heavy atom. The maximum absolute atomic E-state index is 13.0. The second kappa shape index (κ2) is 6.85. The molecule has 1 rings (SSSR count). The summed E-state index contributed by atoms with van der Waals surface area (Å²) in [6.07, 6.45) is -3.80. The number of halogens is 3. The van der Waals surface area contributed by atoms with Crippen LogP contribution in [0.3, 0.4) is 0 Å². The summed E-state index contributed by atoms with van der Waals surface area (Å²) in [6, 6.07) is -2.83. The topological polar surface area (TPSA) is 50.4 Å². The summed E-state index contributed by atoms with van der Waals surface area (Å²) in [5.74, 6) is 0.155. The number of ether oxygens (including phenoxy) is 1. The molecule has 0 aliphatic carbocycles. The number of carbonyl (C=O) groups excluding carboxylic acids is 1. The van der Waals surface area contributed by atoms with Crippen LogP contribution in [-0.2, 0) is 4.74 Å². The second-order valence-corrected chi connectivity index (χ2v) is 6.89. The molecular weight excluding hydrogens is 285 g/mol. The summed E-state index contributed by atoms with van der Waals surface area (Å²) in [6.45, 7) is 8.09. The number of nitrogens with one attached hydrogen (secondary N) is 2. The first kappa shape index (κ1) is 18.1. The van der Waals surface area contributed by atoms with Crippen LogP contribution in [-0.4, -0.2) is 37.5 Å². The summed E-state index contributed by atoms with van der Waals surface area (Å²) in [7, 11) is 0. The predicted octanol–water partition coefficient (Wildman–Crippen LogP) is 3.08. The largest absolute Gasteiger partial charge is 0.408 e. The highest BCUT2D eigenvalue weighted by atomic mass is 19.4. The quantitative estimate of drug-likeness (QED) is 0.838. The van der Waals surface area contributed by atoms with Gasteiger partial charge in [0.25, 0.3) is 0 Å². The van der Waals surface area contributed by atoms with Gasteiger partial charge >= 0.3 is 12.2 Å². The van der Waals surface area contributed by atoms with E-state index in [2.05, 4.69) is 10.6 Å².